The van der Waals surface area contributed by atoms with Gasteiger partial charge in [-0.25, -0.2) is 4.39 Å². The zero-order valence-corrected chi connectivity index (χ0v) is 17.7. The van der Waals surface area contributed by atoms with Crippen molar-refractivity contribution in [3.63, 3.8) is 0 Å². The van der Waals surface area contributed by atoms with Gasteiger partial charge in [0.05, 0.1) is 22.3 Å². The van der Waals surface area contributed by atoms with Crippen molar-refractivity contribution in [3.05, 3.63) is 58.3 Å². The molecular formula is C22H21Cl2FN2O3. The number of carbonyl (C=O) groups excluding carboxylic acids is 1. The zero-order chi connectivity index (χ0) is 21.3. The second-order valence-electron chi connectivity index (χ2n) is 7.43. The van der Waals surface area contributed by atoms with E-state index in [1.54, 1.807) is 12.1 Å². The summed E-state index contributed by atoms with van der Waals surface area (Å²) in [7, 11) is 0. The molecule has 158 valence electrons. The van der Waals surface area contributed by atoms with Crippen LogP contribution in [0.15, 0.2) is 36.9 Å². The number of likely N-dealkylation sites (tertiary alicyclic amines) is 1. The molecule has 0 bridgehead atoms. The Labute approximate surface area is 184 Å². The monoisotopic (exact) mass is 450 g/mol. The highest BCUT2D eigenvalue weighted by atomic mass is 35.5. The van der Waals surface area contributed by atoms with Crippen LogP contribution in [-0.4, -0.2) is 37.1 Å². The van der Waals surface area contributed by atoms with Crippen LogP contribution in [0.2, 0.25) is 10.0 Å². The number of halogens is 3. The molecule has 1 saturated heterocycles. The van der Waals surface area contributed by atoms with Gasteiger partial charge in [0.2, 0.25) is 0 Å². The second-order valence-corrected chi connectivity index (χ2v) is 8.24. The van der Waals surface area contributed by atoms with Crippen molar-refractivity contribution < 1.29 is 18.7 Å². The maximum atomic E-state index is 13.2. The Morgan fingerprint density at radius 1 is 1.23 bits per heavy atom. The summed E-state index contributed by atoms with van der Waals surface area (Å²) in [4.78, 5) is 13.8. The largest absolute Gasteiger partial charge is 0.492 e. The van der Waals surface area contributed by atoms with Gasteiger partial charge in [0.25, 0.3) is 5.91 Å². The number of hydrogen-bond acceptors (Lipinski definition) is 4. The molecule has 0 atom stereocenters. The number of hydrogen-bond donors (Lipinski definition) is 1. The normalized spacial score (nSPS) is 16.5. The van der Waals surface area contributed by atoms with E-state index in [1.807, 2.05) is 6.07 Å². The molecule has 8 heteroatoms. The number of carbonyl (C=O) groups is 1. The molecule has 2 heterocycles. The van der Waals surface area contributed by atoms with Crippen LogP contribution < -0.4 is 14.8 Å². The number of ether oxygens (including phenoxy) is 2. The van der Waals surface area contributed by atoms with Crippen LogP contribution in [0.1, 0.15) is 18.4 Å². The molecule has 2 aliphatic rings. The maximum Gasteiger partial charge on any atom is 0.262 e. The SMILES string of the molecule is C=C(c1cc2c(cc1Cl)OCC(=O)N2)N1CCC(COc2ccc(F)cc2Cl)CC1. The van der Waals surface area contributed by atoms with Crippen molar-refractivity contribution in [1.82, 2.24) is 4.90 Å². The van der Waals surface area contributed by atoms with E-state index in [1.165, 1.54) is 12.1 Å². The van der Waals surface area contributed by atoms with E-state index >= 15 is 0 Å². The van der Waals surface area contributed by atoms with Crippen LogP contribution in [-0.2, 0) is 4.79 Å². The number of amides is 1. The summed E-state index contributed by atoms with van der Waals surface area (Å²) in [6, 6.07) is 7.66. The van der Waals surface area contributed by atoms with Crippen LogP contribution in [0.4, 0.5) is 10.1 Å². The second kappa shape index (κ2) is 8.74. The van der Waals surface area contributed by atoms with Crippen LogP contribution in [0.25, 0.3) is 5.70 Å². The lowest BCUT2D eigenvalue weighted by Gasteiger charge is -2.35. The Morgan fingerprint density at radius 2 is 2.00 bits per heavy atom. The molecule has 0 saturated carbocycles. The van der Waals surface area contributed by atoms with Crippen LogP contribution in [0, 0.1) is 11.7 Å². The third kappa shape index (κ3) is 4.50. The minimum absolute atomic E-state index is 0.0116. The third-order valence-electron chi connectivity index (χ3n) is 5.38. The Bertz CT molecular complexity index is 991. The Morgan fingerprint density at radius 3 is 2.73 bits per heavy atom. The van der Waals surface area contributed by atoms with Gasteiger partial charge in [-0.1, -0.05) is 29.8 Å². The molecule has 2 aromatic rings. The van der Waals surface area contributed by atoms with Crippen LogP contribution in [0.3, 0.4) is 0 Å². The summed E-state index contributed by atoms with van der Waals surface area (Å²) in [5.74, 6) is 0.845. The van der Waals surface area contributed by atoms with Gasteiger partial charge in [0.1, 0.15) is 17.3 Å². The van der Waals surface area contributed by atoms with Gasteiger partial charge in [-0.15, -0.1) is 0 Å². The first-order valence-corrected chi connectivity index (χ1v) is 10.4. The first kappa shape index (κ1) is 20.8. The molecule has 5 nitrogen and oxygen atoms in total. The van der Waals surface area contributed by atoms with Crippen molar-refractivity contribution in [1.29, 1.82) is 0 Å². The topological polar surface area (TPSA) is 50.8 Å². The van der Waals surface area contributed by atoms with E-state index in [2.05, 4.69) is 16.8 Å². The van der Waals surface area contributed by atoms with Gasteiger partial charge in [-0.2, -0.15) is 0 Å². The number of benzene rings is 2. The lowest BCUT2D eigenvalue weighted by molar-refractivity contribution is -0.118. The lowest BCUT2D eigenvalue weighted by atomic mass is 9.96. The van der Waals surface area contributed by atoms with E-state index < -0.39 is 0 Å². The van der Waals surface area contributed by atoms with Crippen molar-refractivity contribution >= 4 is 40.5 Å². The molecule has 1 fully saturated rings. The van der Waals surface area contributed by atoms with Crippen molar-refractivity contribution in [2.24, 2.45) is 5.92 Å². The van der Waals surface area contributed by atoms with E-state index in [4.69, 9.17) is 32.7 Å². The first-order valence-electron chi connectivity index (χ1n) is 9.69. The summed E-state index contributed by atoms with van der Waals surface area (Å²) in [6.07, 6.45) is 1.83. The molecule has 2 aliphatic heterocycles. The molecule has 0 spiro atoms. The maximum absolute atomic E-state index is 13.2. The number of fused-ring (bicyclic) bond motifs is 1. The molecule has 1 N–H and O–H groups in total. The van der Waals surface area contributed by atoms with Crippen LogP contribution >= 0.6 is 23.2 Å². The summed E-state index contributed by atoms with van der Waals surface area (Å²) in [5.41, 5.74) is 2.18. The summed E-state index contributed by atoms with van der Waals surface area (Å²) in [6.45, 7) is 6.34. The Kier molecular flexibility index (Phi) is 6.06. The predicted octanol–water partition coefficient (Wildman–Crippen LogP) is 5.23. The van der Waals surface area contributed by atoms with E-state index in [0.717, 1.165) is 37.2 Å². The van der Waals surface area contributed by atoms with Gasteiger partial charge in [0, 0.05) is 30.4 Å². The standard InChI is InChI=1S/C22H21Cl2FN2O3/c1-13(16-9-19-21(10-17(16)23)30-12-22(28)26-19)27-6-4-14(5-7-27)11-29-20-3-2-15(25)8-18(20)24/h2-3,8-10,14H,1,4-7,11-12H2,(H,26,28). The van der Waals surface area contributed by atoms with Gasteiger partial charge in [0.15, 0.2) is 6.61 Å². The molecule has 30 heavy (non-hydrogen) atoms. The van der Waals surface area contributed by atoms with Gasteiger partial charge in [-0.05, 0) is 43.0 Å². The summed E-state index contributed by atoms with van der Waals surface area (Å²) >= 11 is 12.5. The molecular weight excluding hydrogens is 430 g/mol. The molecule has 4 rings (SSSR count). The fraction of sp³-hybridized carbons (Fsp3) is 0.318. The number of anilines is 1. The highest BCUT2D eigenvalue weighted by Crippen LogP contribution is 2.38. The van der Waals surface area contributed by atoms with E-state index in [0.29, 0.717) is 34.7 Å². The smallest absolute Gasteiger partial charge is 0.262 e. The zero-order valence-electron chi connectivity index (χ0n) is 16.2. The van der Waals surface area contributed by atoms with Gasteiger partial charge >= 0.3 is 0 Å². The summed E-state index contributed by atoms with van der Waals surface area (Å²) < 4.78 is 24.3. The van der Waals surface area contributed by atoms with Gasteiger partial charge in [-0.3, -0.25) is 4.79 Å². The van der Waals surface area contributed by atoms with Crippen molar-refractivity contribution in [2.45, 2.75) is 12.8 Å². The van der Waals surface area contributed by atoms with Gasteiger partial charge < -0.3 is 19.7 Å². The van der Waals surface area contributed by atoms with E-state index in [9.17, 15) is 9.18 Å². The Hall–Kier alpha value is -2.44. The fourth-order valence-electron chi connectivity index (χ4n) is 3.66. The van der Waals surface area contributed by atoms with Crippen molar-refractivity contribution in [3.8, 4) is 11.5 Å². The molecule has 0 aliphatic carbocycles. The molecule has 0 aromatic heterocycles. The minimum Gasteiger partial charge on any atom is -0.492 e. The first-order chi connectivity index (χ1) is 14.4. The Balaban J connectivity index is 1.35. The number of nitrogens with one attached hydrogen (secondary N) is 1. The predicted molar refractivity (Wildman–Crippen MR) is 116 cm³/mol. The lowest BCUT2D eigenvalue weighted by Crippen LogP contribution is -2.34. The average molecular weight is 451 g/mol. The number of rotatable bonds is 5. The molecule has 0 radical (unpaired) electrons. The van der Waals surface area contributed by atoms with Crippen molar-refractivity contribution in [2.75, 3.05) is 31.6 Å². The quantitative estimate of drug-likeness (QED) is 0.677. The average Bonchev–Trinajstić information content (AvgIpc) is 2.73. The minimum atomic E-state index is -0.383. The van der Waals surface area contributed by atoms with E-state index in [-0.39, 0.29) is 23.4 Å². The fourth-order valence-corrected chi connectivity index (χ4v) is 4.15. The number of piperidine rings is 1. The highest BCUT2D eigenvalue weighted by Gasteiger charge is 2.24. The molecule has 0 unspecified atom stereocenters. The molecule has 2 aromatic carbocycles. The molecule has 1 amide bonds. The van der Waals surface area contributed by atoms with Crippen LogP contribution in [0.5, 0.6) is 11.5 Å². The highest BCUT2D eigenvalue weighted by molar-refractivity contribution is 6.32. The number of nitrogens with zero attached hydrogens (tertiary/aromatic N) is 1. The summed E-state index contributed by atoms with van der Waals surface area (Å²) in [5, 5.41) is 3.61. The third-order valence-corrected chi connectivity index (χ3v) is 5.99.